The standard InChI is InChI=1S/C27H23ClINO4/c1-3-32-24-16-19(14-21(28)25(24)33-12-11-18-7-5-4-6-8-18)15-23-27(31)34-26(30-23)20-9-10-22(29)17(2)13-20/h4-10,13-16H,3,11-12H2,1-2H3/b23-15-. The fraction of sp³-hybridized carbons (Fsp3) is 0.185. The number of rotatable bonds is 8. The maximum absolute atomic E-state index is 12.5. The Morgan fingerprint density at radius 2 is 1.88 bits per heavy atom. The first-order valence-electron chi connectivity index (χ1n) is 10.9. The van der Waals surface area contributed by atoms with Crippen LogP contribution in [-0.2, 0) is 16.0 Å². The monoisotopic (exact) mass is 587 g/mol. The Balaban J connectivity index is 1.57. The third-order valence-electron chi connectivity index (χ3n) is 5.14. The van der Waals surface area contributed by atoms with Crippen LogP contribution in [0.15, 0.2) is 71.4 Å². The second kappa shape index (κ2) is 11.1. The molecule has 0 aromatic heterocycles. The van der Waals surface area contributed by atoms with Gasteiger partial charge in [-0.1, -0.05) is 41.9 Å². The Hall–Kier alpha value is -2.84. The number of carbonyl (C=O) groups is 1. The highest BCUT2D eigenvalue weighted by atomic mass is 127. The first-order valence-corrected chi connectivity index (χ1v) is 12.3. The number of cyclic esters (lactones) is 1. The van der Waals surface area contributed by atoms with Gasteiger partial charge in [-0.15, -0.1) is 0 Å². The summed E-state index contributed by atoms with van der Waals surface area (Å²) in [6.07, 6.45) is 2.38. The van der Waals surface area contributed by atoms with Gasteiger partial charge in [-0.2, -0.15) is 0 Å². The molecule has 0 N–H and O–H groups in total. The Morgan fingerprint density at radius 1 is 1.09 bits per heavy atom. The number of halogens is 2. The van der Waals surface area contributed by atoms with Crippen molar-refractivity contribution in [3.63, 3.8) is 0 Å². The Labute approximate surface area is 217 Å². The van der Waals surface area contributed by atoms with Crippen molar-refractivity contribution in [1.82, 2.24) is 0 Å². The van der Waals surface area contributed by atoms with E-state index < -0.39 is 5.97 Å². The summed E-state index contributed by atoms with van der Waals surface area (Å²) >= 11 is 8.80. The molecule has 0 aliphatic carbocycles. The molecule has 0 unspecified atom stereocenters. The zero-order valence-electron chi connectivity index (χ0n) is 18.8. The number of esters is 1. The third-order valence-corrected chi connectivity index (χ3v) is 6.63. The molecule has 3 aromatic carbocycles. The van der Waals surface area contributed by atoms with Crippen molar-refractivity contribution in [3.8, 4) is 11.5 Å². The molecular formula is C27H23ClINO4. The van der Waals surface area contributed by atoms with Crippen molar-refractivity contribution < 1.29 is 19.0 Å². The second-order valence-corrected chi connectivity index (χ2v) is 9.22. The van der Waals surface area contributed by atoms with Crippen LogP contribution in [0.1, 0.15) is 29.2 Å². The molecule has 0 radical (unpaired) electrons. The SMILES string of the molecule is CCOc1cc(/C=C2\N=C(c3ccc(I)c(C)c3)OC2=O)cc(Cl)c1OCCc1ccccc1. The van der Waals surface area contributed by atoms with Crippen molar-refractivity contribution in [2.75, 3.05) is 13.2 Å². The van der Waals surface area contributed by atoms with Gasteiger partial charge in [-0.3, -0.25) is 0 Å². The van der Waals surface area contributed by atoms with Gasteiger partial charge >= 0.3 is 5.97 Å². The zero-order valence-corrected chi connectivity index (χ0v) is 21.7. The fourth-order valence-electron chi connectivity index (χ4n) is 3.46. The van der Waals surface area contributed by atoms with Crippen LogP contribution in [0.5, 0.6) is 11.5 Å². The summed E-state index contributed by atoms with van der Waals surface area (Å²) in [5.74, 6) is 0.768. The van der Waals surface area contributed by atoms with E-state index in [0.29, 0.717) is 35.3 Å². The topological polar surface area (TPSA) is 57.1 Å². The van der Waals surface area contributed by atoms with E-state index in [-0.39, 0.29) is 11.6 Å². The number of carbonyl (C=O) groups excluding carboxylic acids is 1. The first kappa shape index (κ1) is 24.3. The summed E-state index contributed by atoms with van der Waals surface area (Å²) in [4.78, 5) is 16.9. The van der Waals surface area contributed by atoms with E-state index in [2.05, 4.69) is 39.7 Å². The molecule has 0 spiro atoms. The van der Waals surface area contributed by atoms with Crippen molar-refractivity contribution >= 4 is 52.1 Å². The minimum absolute atomic E-state index is 0.197. The number of hydrogen-bond donors (Lipinski definition) is 0. The summed E-state index contributed by atoms with van der Waals surface area (Å²) < 4.78 is 18.3. The molecule has 0 saturated carbocycles. The lowest BCUT2D eigenvalue weighted by atomic mass is 10.1. The highest BCUT2D eigenvalue weighted by molar-refractivity contribution is 14.1. The van der Waals surface area contributed by atoms with E-state index in [4.69, 9.17) is 25.8 Å². The normalized spacial score (nSPS) is 14.2. The average molecular weight is 588 g/mol. The maximum atomic E-state index is 12.5. The zero-order chi connectivity index (χ0) is 24.1. The van der Waals surface area contributed by atoms with Crippen molar-refractivity contribution in [2.45, 2.75) is 20.3 Å². The summed E-state index contributed by atoms with van der Waals surface area (Å²) in [6, 6.07) is 19.4. The van der Waals surface area contributed by atoms with Crippen molar-refractivity contribution in [1.29, 1.82) is 0 Å². The Kier molecular flexibility index (Phi) is 7.90. The third kappa shape index (κ3) is 5.80. The number of benzene rings is 3. The van der Waals surface area contributed by atoms with Gasteiger partial charge in [-0.25, -0.2) is 9.79 Å². The molecule has 5 nitrogen and oxygen atoms in total. The molecule has 3 aromatic rings. The van der Waals surface area contributed by atoms with Crippen LogP contribution in [-0.4, -0.2) is 25.1 Å². The van der Waals surface area contributed by atoms with Crippen molar-refractivity contribution in [2.24, 2.45) is 4.99 Å². The molecule has 0 bridgehead atoms. The lowest BCUT2D eigenvalue weighted by Gasteiger charge is -2.14. The van der Waals surface area contributed by atoms with Crippen LogP contribution in [0.2, 0.25) is 5.02 Å². The summed E-state index contributed by atoms with van der Waals surface area (Å²) in [5, 5.41) is 0.398. The van der Waals surface area contributed by atoms with Crippen LogP contribution >= 0.6 is 34.2 Å². The second-order valence-electron chi connectivity index (χ2n) is 7.65. The van der Waals surface area contributed by atoms with Gasteiger partial charge in [-0.05, 0) is 89.5 Å². The largest absolute Gasteiger partial charge is 0.490 e. The molecule has 7 heteroatoms. The minimum atomic E-state index is -0.511. The highest BCUT2D eigenvalue weighted by Gasteiger charge is 2.25. The summed E-state index contributed by atoms with van der Waals surface area (Å²) in [5.41, 5.74) is 3.88. The smallest absolute Gasteiger partial charge is 0.363 e. The van der Waals surface area contributed by atoms with E-state index in [1.807, 2.05) is 50.2 Å². The van der Waals surface area contributed by atoms with Crippen molar-refractivity contribution in [3.05, 3.63) is 97.2 Å². The van der Waals surface area contributed by atoms with E-state index >= 15 is 0 Å². The molecular weight excluding hydrogens is 565 g/mol. The Morgan fingerprint density at radius 3 is 2.62 bits per heavy atom. The van der Waals surface area contributed by atoms with Gasteiger partial charge in [0, 0.05) is 15.6 Å². The van der Waals surface area contributed by atoms with Gasteiger partial charge in [0.15, 0.2) is 17.2 Å². The fourth-order valence-corrected chi connectivity index (χ4v) is 4.07. The minimum Gasteiger partial charge on any atom is -0.490 e. The van der Waals surface area contributed by atoms with Gasteiger partial charge in [0.05, 0.1) is 18.2 Å². The summed E-state index contributed by atoms with van der Waals surface area (Å²) in [7, 11) is 0. The quantitative estimate of drug-likeness (QED) is 0.169. The van der Waals surface area contributed by atoms with Crippen LogP contribution in [0.25, 0.3) is 6.08 Å². The number of aliphatic imine (C=N–C) groups is 1. The highest BCUT2D eigenvalue weighted by Crippen LogP contribution is 2.38. The number of aryl methyl sites for hydroxylation is 1. The molecule has 4 rings (SSSR count). The summed E-state index contributed by atoms with van der Waals surface area (Å²) in [6.45, 7) is 4.79. The Bertz CT molecular complexity index is 1270. The lowest BCUT2D eigenvalue weighted by molar-refractivity contribution is -0.129. The molecule has 0 fully saturated rings. The predicted octanol–water partition coefficient (Wildman–Crippen LogP) is 6.62. The molecule has 1 aliphatic heterocycles. The molecule has 0 amide bonds. The van der Waals surface area contributed by atoms with E-state index in [1.54, 1.807) is 18.2 Å². The van der Waals surface area contributed by atoms with E-state index in [9.17, 15) is 4.79 Å². The van der Waals surface area contributed by atoms with Crippen LogP contribution < -0.4 is 9.47 Å². The van der Waals surface area contributed by atoms with E-state index in [0.717, 1.165) is 21.1 Å². The van der Waals surface area contributed by atoms with Gasteiger partial charge < -0.3 is 14.2 Å². The number of hydrogen-bond acceptors (Lipinski definition) is 5. The van der Waals surface area contributed by atoms with Gasteiger partial charge in [0.1, 0.15) is 0 Å². The molecule has 1 heterocycles. The van der Waals surface area contributed by atoms with Gasteiger partial charge in [0.2, 0.25) is 5.90 Å². The van der Waals surface area contributed by atoms with E-state index in [1.165, 1.54) is 5.56 Å². The molecule has 174 valence electrons. The van der Waals surface area contributed by atoms with Crippen LogP contribution in [0.4, 0.5) is 0 Å². The van der Waals surface area contributed by atoms with Gasteiger partial charge in [0.25, 0.3) is 0 Å². The average Bonchev–Trinajstić information content (AvgIpc) is 3.18. The van der Waals surface area contributed by atoms with Crippen LogP contribution in [0, 0.1) is 10.5 Å². The molecule has 1 aliphatic rings. The predicted molar refractivity (Wildman–Crippen MR) is 143 cm³/mol. The lowest BCUT2D eigenvalue weighted by Crippen LogP contribution is -2.06. The number of nitrogens with zero attached hydrogens (tertiary/aromatic N) is 1. The molecule has 0 atom stereocenters. The maximum Gasteiger partial charge on any atom is 0.363 e. The number of ether oxygens (including phenoxy) is 3. The van der Waals surface area contributed by atoms with Crippen LogP contribution in [0.3, 0.4) is 0 Å². The molecule has 0 saturated heterocycles. The first-order chi connectivity index (χ1) is 16.4. The molecule has 34 heavy (non-hydrogen) atoms.